The maximum atomic E-state index is 12.7. The monoisotopic (exact) mass is 375 g/mol. The summed E-state index contributed by atoms with van der Waals surface area (Å²) in [5.41, 5.74) is 2.67. The third-order valence-corrected chi connectivity index (χ3v) is 4.61. The Morgan fingerprint density at radius 2 is 1.25 bits per heavy atom. The van der Waals surface area contributed by atoms with Crippen LogP contribution in [-0.4, -0.2) is 23.7 Å². The number of hydrogen-bond donors (Lipinski definition) is 2. The van der Waals surface area contributed by atoms with Crippen molar-refractivity contribution in [2.75, 3.05) is 6.61 Å². The molecule has 3 aromatic rings. The number of esters is 1. The number of aliphatic hydroxyl groups excluding tert-OH is 1. The van der Waals surface area contributed by atoms with Gasteiger partial charge in [-0.2, -0.15) is 0 Å². The molecule has 0 bridgehead atoms. The molecular weight excluding hydrogens is 350 g/mol. The second kappa shape index (κ2) is 9.83. The van der Waals surface area contributed by atoms with Crippen molar-refractivity contribution < 1.29 is 14.6 Å². The number of hydrogen-bond acceptors (Lipinski definition) is 4. The highest BCUT2D eigenvalue weighted by molar-refractivity contribution is 5.77. The summed E-state index contributed by atoms with van der Waals surface area (Å²) in [5, 5.41) is 14.3. The quantitative estimate of drug-likeness (QED) is 0.584. The van der Waals surface area contributed by atoms with Crippen molar-refractivity contribution in [3.05, 3.63) is 108 Å². The van der Waals surface area contributed by atoms with Gasteiger partial charge in [0, 0.05) is 0 Å². The van der Waals surface area contributed by atoms with Gasteiger partial charge in [-0.3, -0.25) is 10.1 Å². The highest BCUT2D eigenvalue weighted by atomic mass is 16.5. The number of rotatable bonds is 8. The minimum absolute atomic E-state index is 0.250. The van der Waals surface area contributed by atoms with Crippen molar-refractivity contribution >= 4 is 5.97 Å². The van der Waals surface area contributed by atoms with Crippen molar-refractivity contribution in [1.29, 1.82) is 0 Å². The van der Waals surface area contributed by atoms with Gasteiger partial charge in [-0.25, -0.2) is 0 Å². The summed E-state index contributed by atoms with van der Waals surface area (Å²) >= 11 is 0. The van der Waals surface area contributed by atoms with Crippen LogP contribution in [0.25, 0.3) is 0 Å². The van der Waals surface area contributed by atoms with E-state index in [2.05, 4.69) is 5.32 Å². The van der Waals surface area contributed by atoms with Crippen LogP contribution in [-0.2, 0) is 9.53 Å². The number of ether oxygens (including phenoxy) is 1. The van der Waals surface area contributed by atoms with Gasteiger partial charge in [0.15, 0.2) is 0 Å². The van der Waals surface area contributed by atoms with E-state index in [-0.39, 0.29) is 12.6 Å². The van der Waals surface area contributed by atoms with E-state index in [0.29, 0.717) is 5.56 Å². The summed E-state index contributed by atoms with van der Waals surface area (Å²) in [6.45, 7) is 2.01. The lowest BCUT2D eigenvalue weighted by atomic mass is 9.95. The Balaban J connectivity index is 1.96. The van der Waals surface area contributed by atoms with Gasteiger partial charge in [-0.15, -0.1) is 0 Å². The first-order valence-electron chi connectivity index (χ1n) is 9.46. The molecule has 0 heterocycles. The van der Waals surface area contributed by atoms with Gasteiger partial charge in [0.25, 0.3) is 0 Å². The topological polar surface area (TPSA) is 58.6 Å². The molecule has 0 amide bonds. The molecule has 3 rings (SSSR count). The van der Waals surface area contributed by atoms with Gasteiger partial charge in [0.1, 0.15) is 12.1 Å². The zero-order valence-electron chi connectivity index (χ0n) is 15.9. The zero-order valence-corrected chi connectivity index (χ0v) is 15.9. The van der Waals surface area contributed by atoms with Gasteiger partial charge in [-0.05, 0) is 23.6 Å². The molecule has 2 atom stereocenters. The van der Waals surface area contributed by atoms with Crippen molar-refractivity contribution in [2.45, 2.75) is 25.1 Å². The fourth-order valence-corrected chi connectivity index (χ4v) is 3.22. The summed E-state index contributed by atoms with van der Waals surface area (Å²) in [6.07, 6.45) is -1.03. The molecule has 0 spiro atoms. The summed E-state index contributed by atoms with van der Waals surface area (Å²) < 4.78 is 5.26. The first-order chi connectivity index (χ1) is 13.7. The third-order valence-electron chi connectivity index (χ3n) is 4.61. The van der Waals surface area contributed by atoms with Gasteiger partial charge >= 0.3 is 5.97 Å². The molecule has 0 fully saturated rings. The molecule has 0 aromatic heterocycles. The molecule has 0 saturated carbocycles. The molecule has 2 N–H and O–H groups in total. The van der Waals surface area contributed by atoms with E-state index in [9.17, 15) is 9.90 Å². The van der Waals surface area contributed by atoms with Crippen molar-refractivity contribution in [2.24, 2.45) is 0 Å². The predicted octanol–water partition coefficient (Wildman–Crippen LogP) is 4.03. The van der Waals surface area contributed by atoms with E-state index >= 15 is 0 Å². The maximum Gasteiger partial charge on any atom is 0.326 e. The molecule has 0 aliphatic carbocycles. The Labute approximate surface area is 165 Å². The molecule has 4 heteroatoms. The molecular formula is C24H25NO3. The molecule has 144 valence electrons. The largest absolute Gasteiger partial charge is 0.465 e. The Morgan fingerprint density at radius 1 is 0.821 bits per heavy atom. The molecule has 0 saturated heterocycles. The second-order valence-electron chi connectivity index (χ2n) is 6.51. The van der Waals surface area contributed by atoms with Crippen LogP contribution in [0.5, 0.6) is 0 Å². The van der Waals surface area contributed by atoms with E-state index in [1.807, 2.05) is 78.9 Å². The Bertz CT molecular complexity index is 813. The smallest absolute Gasteiger partial charge is 0.326 e. The average Bonchev–Trinajstić information content (AvgIpc) is 2.76. The van der Waals surface area contributed by atoms with Gasteiger partial charge in [0.2, 0.25) is 0 Å². The van der Waals surface area contributed by atoms with Crippen LogP contribution in [0.4, 0.5) is 0 Å². The number of benzene rings is 3. The van der Waals surface area contributed by atoms with Crippen LogP contribution in [0.2, 0.25) is 0 Å². The minimum Gasteiger partial charge on any atom is -0.465 e. The molecule has 28 heavy (non-hydrogen) atoms. The van der Waals surface area contributed by atoms with Crippen molar-refractivity contribution in [3.63, 3.8) is 0 Å². The summed E-state index contributed by atoms with van der Waals surface area (Å²) in [7, 11) is 0. The van der Waals surface area contributed by atoms with Crippen molar-refractivity contribution in [1.82, 2.24) is 5.32 Å². The lowest BCUT2D eigenvalue weighted by molar-refractivity contribution is -0.149. The first kappa shape index (κ1) is 19.8. The normalized spacial score (nSPS) is 13.1. The Kier molecular flexibility index (Phi) is 6.95. The van der Waals surface area contributed by atoms with Gasteiger partial charge in [-0.1, -0.05) is 91.0 Å². The maximum absolute atomic E-state index is 12.7. The van der Waals surface area contributed by atoms with E-state index in [0.717, 1.165) is 11.1 Å². The fraction of sp³-hybridized carbons (Fsp3) is 0.208. The van der Waals surface area contributed by atoms with E-state index < -0.39 is 18.1 Å². The molecule has 4 nitrogen and oxygen atoms in total. The third kappa shape index (κ3) is 4.85. The second-order valence-corrected chi connectivity index (χ2v) is 6.51. The SMILES string of the molecule is CCOC(=O)[C@H](NC(c1ccccc1)c1ccccc1)[C@@H](O)c1ccccc1. The highest BCUT2D eigenvalue weighted by Crippen LogP contribution is 2.26. The molecule has 3 aromatic carbocycles. The van der Waals surface area contributed by atoms with Crippen molar-refractivity contribution in [3.8, 4) is 0 Å². The lowest BCUT2D eigenvalue weighted by Crippen LogP contribution is -2.45. The molecule has 0 aliphatic rings. The van der Waals surface area contributed by atoms with Gasteiger partial charge < -0.3 is 9.84 Å². The van der Waals surface area contributed by atoms with E-state index in [1.54, 1.807) is 19.1 Å². The standard InChI is InChI=1S/C24H25NO3/c1-2-28-24(27)22(23(26)20-16-10-5-11-17-20)25-21(18-12-6-3-7-13-18)19-14-8-4-9-15-19/h3-17,21-23,25-26H,2H2,1H3/t22-,23+/m1/s1. The Morgan fingerprint density at radius 3 is 1.68 bits per heavy atom. The minimum atomic E-state index is -1.03. The van der Waals surface area contributed by atoms with Crippen LogP contribution in [0.1, 0.15) is 35.8 Å². The Hall–Kier alpha value is -2.95. The van der Waals surface area contributed by atoms with E-state index in [1.165, 1.54) is 0 Å². The summed E-state index contributed by atoms with van der Waals surface area (Å²) in [5.74, 6) is -0.476. The highest BCUT2D eigenvalue weighted by Gasteiger charge is 2.32. The van der Waals surface area contributed by atoms with Crippen LogP contribution in [0, 0.1) is 0 Å². The average molecular weight is 375 g/mol. The van der Waals surface area contributed by atoms with E-state index in [4.69, 9.17) is 4.74 Å². The number of carbonyl (C=O) groups is 1. The number of aliphatic hydroxyl groups is 1. The predicted molar refractivity (Wildman–Crippen MR) is 110 cm³/mol. The number of carbonyl (C=O) groups excluding carboxylic acids is 1. The van der Waals surface area contributed by atoms with Gasteiger partial charge in [0.05, 0.1) is 12.6 Å². The van der Waals surface area contributed by atoms with Crippen LogP contribution in [0.3, 0.4) is 0 Å². The molecule has 0 unspecified atom stereocenters. The fourth-order valence-electron chi connectivity index (χ4n) is 3.22. The van der Waals surface area contributed by atoms with Crippen LogP contribution < -0.4 is 5.32 Å². The summed E-state index contributed by atoms with van der Waals surface area (Å²) in [4.78, 5) is 12.7. The zero-order chi connectivity index (χ0) is 19.8. The first-order valence-corrected chi connectivity index (χ1v) is 9.46. The molecule has 0 aliphatic heterocycles. The summed E-state index contributed by atoms with van der Waals surface area (Å²) in [6, 6.07) is 27.7. The van der Waals surface area contributed by atoms with Crippen LogP contribution in [0.15, 0.2) is 91.0 Å². The molecule has 0 radical (unpaired) electrons. The number of nitrogens with one attached hydrogen (secondary N) is 1. The lowest BCUT2D eigenvalue weighted by Gasteiger charge is -2.28. The van der Waals surface area contributed by atoms with Crippen LogP contribution >= 0.6 is 0 Å².